The van der Waals surface area contributed by atoms with Gasteiger partial charge in [0, 0.05) is 6.42 Å². The molecule has 0 saturated carbocycles. The molecule has 0 atom stereocenters. The average Bonchev–Trinajstić information content (AvgIpc) is 2.49. The van der Waals surface area contributed by atoms with Crippen molar-refractivity contribution in [3.63, 3.8) is 0 Å². The summed E-state index contributed by atoms with van der Waals surface area (Å²) < 4.78 is 5.21. The molecule has 112 valence electrons. The molecule has 0 bridgehead atoms. The second-order valence-corrected chi connectivity index (χ2v) is 4.15. The number of hydrogen-bond donors (Lipinski definition) is 0. The summed E-state index contributed by atoms with van der Waals surface area (Å²) >= 11 is 0. The van der Waals surface area contributed by atoms with Gasteiger partial charge >= 0.3 is 5.97 Å². The van der Waals surface area contributed by atoms with Crippen molar-refractivity contribution < 1.29 is 9.53 Å². The van der Waals surface area contributed by atoms with Crippen LogP contribution in [0.4, 0.5) is 0 Å². The maximum Gasteiger partial charge on any atom is 0.311 e. The molecule has 0 N–H and O–H groups in total. The fourth-order valence-corrected chi connectivity index (χ4v) is 1.48. The molecule has 6 heteroatoms. The van der Waals surface area contributed by atoms with Crippen molar-refractivity contribution in [3.8, 4) is 5.75 Å². The first-order valence-corrected chi connectivity index (χ1v) is 6.94. The maximum atomic E-state index is 11.6. The summed E-state index contributed by atoms with van der Waals surface area (Å²) in [5, 5.41) is 15.2. The first-order chi connectivity index (χ1) is 10.1. The van der Waals surface area contributed by atoms with Crippen molar-refractivity contribution in [2.45, 2.75) is 40.5 Å². The first kappa shape index (κ1) is 16.7. The Labute approximate surface area is 124 Å². The number of aryl methyl sites for hydroxylation is 3. The minimum absolute atomic E-state index is 0.195. The molecule has 0 aliphatic carbocycles. The lowest BCUT2D eigenvalue weighted by Gasteiger charge is -2.04. The van der Waals surface area contributed by atoms with Crippen LogP contribution in [0.5, 0.6) is 5.75 Å². The Balaban J connectivity index is 0.00000106. The number of carbonyl (C=O) groups is 1. The summed E-state index contributed by atoms with van der Waals surface area (Å²) in [5.74, 6) is 1.17. The summed E-state index contributed by atoms with van der Waals surface area (Å²) in [7, 11) is 0. The molecule has 1 heterocycles. The lowest BCUT2D eigenvalue weighted by atomic mass is 10.2. The fraction of sp³-hybridized carbons (Fsp3) is 0.400. The van der Waals surface area contributed by atoms with Crippen molar-refractivity contribution in [2.24, 2.45) is 0 Å². The van der Waals surface area contributed by atoms with Gasteiger partial charge in [0.05, 0.1) is 6.42 Å². The normalized spacial score (nSPS) is 9.52. The van der Waals surface area contributed by atoms with Crippen molar-refractivity contribution in [2.75, 3.05) is 0 Å². The van der Waals surface area contributed by atoms with Crippen molar-refractivity contribution in [1.29, 1.82) is 0 Å². The van der Waals surface area contributed by atoms with Crippen LogP contribution in [0.2, 0.25) is 0 Å². The number of nitrogens with zero attached hydrogens (tertiary/aromatic N) is 4. The van der Waals surface area contributed by atoms with E-state index in [2.05, 4.69) is 20.4 Å². The van der Waals surface area contributed by atoms with Gasteiger partial charge < -0.3 is 4.74 Å². The van der Waals surface area contributed by atoms with Crippen LogP contribution in [0.1, 0.15) is 37.5 Å². The minimum Gasteiger partial charge on any atom is -0.427 e. The molecule has 1 aromatic heterocycles. The summed E-state index contributed by atoms with van der Waals surface area (Å²) in [4.78, 5) is 11.6. The van der Waals surface area contributed by atoms with Gasteiger partial charge in [-0.25, -0.2) is 0 Å². The summed E-state index contributed by atoms with van der Waals surface area (Å²) in [6.45, 7) is 7.64. The number of esters is 1. The molecule has 1 aromatic carbocycles. The van der Waals surface area contributed by atoms with Crippen molar-refractivity contribution in [1.82, 2.24) is 20.4 Å². The van der Waals surface area contributed by atoms with Gasteiger partial charge in [0.1, 0.15) is 5.75 Å². The molecule has 0 saturated heterocycles. The third-order valence-corrected chi connectivity index (χ3v) is 2.39. The van der Waals surface area contributed by atoms with Crippen LogP contribution in [-0.2, 0) is 11.2 Å². The maximum absolute atomic E-state index is 11.6. The highest BCUT2D eigenvalue weighted by Gasteiger charge is 2.07. The van der Waals surface area contributed by atoms with Gasteiger partial charge in [-0.3, -0.25) is 4.79 Å². The SMILES string of the molecule is CC.Cc1cccc(OC(=O)CCc2nnc(C)nn2)c1. The molecule has 0 aliphatic rings. The molecule has 21 heavy (non-hydrogen) atoms. The van der Waals surface area contributed by atoms with E-state index in [1.807, 2.05) is 39.0 Å². The highest BCUT2D eigenvalue weighted by atomic mass is 16.5. The van der Waals surface area contributed by atoms with E-state index in [-0.39, 0.29) is 12.4 Å². The van der Waals surface area contributed by atoms with Crippen LogP contribution in [0, 0.1) is 13.8 Å². The first-order valence-electron chi connectivity index (χ1n) is 6.94. The lowest BCUT2D eigenvalue weighted by molar-refractivity contribution is -0.134. The van der Waals surface area contributed by atoms with E-state index in [4.69, 9.17) is 4.74 Å². The van der Waals surface area contributed by atoms with Gasteiger partial charge in [0.15, 0.2) is 11.6 Å². The van der Waals surface area contributed by atoms with E-state index in [1.165, 1.54) is 0 Å². The average molecular weight is 288 g/mol. The van der Waals surface area contributed by atoms with Gasteiger partial charge in [-0.1, -0.05) is 26.0 Å². The molecular formula is C15H20N4O2. The number of rotatable bonds is 4. The topological polar surface area (TPSA) is 77.9 Å². The molecule has 0 unspecified atom stereocenters. The standard InChI is InChI=1S/C13H14N4O2.C2H6/c1-9-4-3-5-11(8-9)19-13(18)7-6-12-16-14-10(2)15-17-12;1-2/h3-5,8H,6-7H2,1-2H3;1-2H3. The quantitative estimate of drug-likeness (QED) is 0.635. The number of hydrogen-bond acceptors (Lipinski definition) is 6. The molecule has 0 fully saturated rings. The van der Waals surface area contributed by atoms with Gasteiger partial charge in [-0.15, -0.1) is 20.4 Å². The van der Waals surface area contributed by atoms with Crippen LogP contribution in [0.3, 0.4) is 0 Å². The van der Waals surface area contributed by atoms with Gasteiger partial charge in [0.25, 0.3) is 0 Å². The monoisotopic (exact) mass is 288 g/mol. The second kappa shape index (κ2) is 8.73. The molecule has 2 aromatic rings. The molecular weight excluding hydrogens is 268 g/mol. The fourth-order valence-electron chi connectivity index (χ4n) is 1.48. The molecule has 2 rings (SSSR count). The molecule has 0 radical (unpaired) electrons. The van der Waals surface area contributed by atoms with E-state index in [0.29, 0.717) is 23.8 Å². The van der Waals surface area contributed by atoms with Gasteiger partial charge in [0.2, 0.25) is 0 Å². The Morgan fingerprint density at radius 1 is 1.10 bits per heavy atom. The van der Waals surface area contributed by atoms with E-state index in [0.717, 1.165) is 5.56 Å². The van der Waals surface area contributed by atoms with E-state index >= 15 is 0 Å². The van der Waals surface area contributed by atoms with Crippen LogP contribution in [0.25, 0.3) is 0 Å². The predicted octanol–water partition coefficient (Wildman–Crippen LogP) is 2.45. The van der Waals surface area contributed by atoms with E-state index in [1.54, 1.807) is 13.0 Å². The zero-order valence-electron chi connectivity index (χ0n) is 12.8. The summed E-state index contributed by atoms with van der Waals surface area (Å²) in [6.07, 6.45) is 0.561. The molecule has 0 amide bonds. The molecule has 0 aliphatic heterocycles. The van der Waals surface area contributed by atoms with E-state index < -0.39 is 0 Å². The molecule has 6 nitrogen and oxygen atoms in total. The van der Waals surface area contributed by atoms with Crippen molar-refractivity contribution in [3.05, 3.63) is 41.5 Å². The largest absolute Gasteiger partial charge is 0.427 e. The van der Waals surface area contributed by atoms with Gasteiger partial charge in [-0.2, -0.15) is 0 Å². The number of carbonyl (C=O) groups excluding carboxylic acids is 1. The number of ether oxygens (including phenoxy) is 1. The Hall–Kier alpha value is -2.37. The Morgan fingerprint density at radius 2 is 1.76 bits per heavy atom. The number of aromatic nitrogens is 4. The molecule has 0 spiro atoms. The summed E-state index contributed by atoms with van der Waals surface area (Å²) in [5.41, 5.74) is 1.04. The van der Waals surface area contributed by atoms with Crippen LogP contribution >= 0.6 is 0 Å². The van der Waals surface area contributed by atoms with Crippen LogP contribution in [-0.4, -0.2) is 26.4 Å². The predicted molar refractivity (Wildman–Crippen MR) is 78.8 cm³/mol. The van der Waals surface area contributed by atoms with Crippen molar-refractivity contribution >= 4 is 5.97 Å². The highest BCUT2D eigenvalue weighted by molar-refractivity contribution is 5.72. The van der Waals surface area contributed by atoms with E-state index in [9.17, 15) is 4.79 Å². The smallest absolute Gasteiger partial charge is 0.311 e. The lowest BCUT2D eigenvalue weighted by Crippen LogP contribution is -2.11. The summed E-state index contributed by atoms with van der Waals surface area (Å²) in [6, 6.07) is 7.34. The third-order valence-electron chi connectivity index (χ3n) is 2.39. The second-order valence-electron chi connectivity index (χ2n) is 4.15. The number of benzene rings is 1. The Morgan fingerprint density at radius 3 is 2.38 bits per heavy atom. The van der Waals surface area contributed by atoms with Crippen LogP contribution < -0.4 is 4.74 Å². The Bertz CT molecular complexity index is 570. The van der Waals surface area contributed by atoms with Crippen LogP contribution in [0.15, 0.2) is 24.3 Å². The highest BCUT2D eigenvalue weighted by Crippen LogP contribution is 2.13. The zero-order valence-corrected chi connectivity index (χ0v) is 12.8. The Kier molecular flexibility index (Phi) is 6.94. The zero-order chi connectivity index (χ0) is 15.7. The minimum atomic E-state index is -0.324. The third kappa shape index (κ3) is 6.07. The van der Waals surface area contributed by atoms with Gasteiger partial charge in [-0.05, 0) is 31.5 Å².